The summed E-state index contributed by atoms with van der Waals surface area (Å²) in [4.78, 5) is 12.3. The Balaban J connectivity index is 0.000000147. The molecule has 0 N–H and O–H groups in total. The van der Waals surface area contributed by atoms with E-state index < -0.39 is 0 Å². The van der Waals surface area contributed by atoms with E-state index in [-0.39, 0.29) is 0 Å². The number of piperidine rings is 1. The van der Waals surface area contributed by atoms with E-state index in [9.17, 15) is 4.79 Å². The minimum absolute atomic E-state index is 0.365. The summed E-state index contributed by atoms with van der Waals surface area (Å²) in [6.07, 6.45) is 6.04. The molecule has 0 atom stereocenters. The molecule has 0 aromatic heterocycles. The highest BCUT2D eigenvalue weighted by Crippen LogP contribution is 2.53. The number of nitrogens with zero attached hydrogens (tertiary/aromatic N) is 1. The SMILES string of the molecule is CCN1CCC2(CC1)CC2.O=COCc1ccccc1. The van der Waals surface area contributed by atoms with Gasteiger partial charge in [0.2, 0.25) is 0 Å². The van der Waals surface area contributed by atoms with E-state index in [1.807, 2.05) is 30.3 Å². The zero-order chi connectivity index (χ0) is 14.3. The molecule has 110 valence electrons. The van der Waals surface area contributed by atoms with Gasteiger partial charge in [0.15, 0.2) is 0 Å². The monoisotopic (exact) mass is 275 g/mol. The predicted molar refractivity (Wildman–Crippen MR) is 80.3 cm³/mol. The second-order valence-electron chi connectivity index (χ2n) is 5.83. The van der Waals surface area contributed by atoms with Gasteiger partial charge >= 0.3 is 0 Å². The second kappa shape index (κ2) is 7.44. The van der Waals surface area contributed by atoms with Crippen LogP contribution in [0.4, 0.5) is 0 Å². The highest BCUT2D eigenvalue weighted by Gasteiger charge is 2.43. The number of hydrogen-bond acceptors (Lipinski definition) is 3. The first-order valence-electron chi connectivity index (χ1n) is 7.59. The Kier molecular flexibility index (Phi) is 5.60. The van der Waals surface area contributed by atoms with Crippen LogP contribution in [0.1, 0.15) is 38.2 Å². The molecule has 1 aromatic rings. The average Bonchev–Trinajstić information content (AvgIpc) is 3.27. The molecule has 1 aliphatic heterocycles. The van der Waals surface area contributed by atoms with Crippen LogP contribution in [0, 0.1) is 5.41 Å². The molecule has 2 fully saturated rings. The number of rotatable bonds is 4. The van der Waals surface area contributed by atoms with Crippen molar-refractivity contribution >= 4 is 6.47 Å². The van der Waals surface area contributed by atoms with Gasteiger partial charge in [-0.3, -0.25) is 4.79 Å². The third-order valence-corrected chi connectivity index (χ3v) is 4.48. The van der Waals surface area contributed by atoms with Crippen molar-refractivity contribution in [1.29, 1.82) is 0 Å². The van der Waals surface area contributed by atoms with Gasteiger partial charge in [0.05, 0.1) is 0 Å². The van der Waals surface area contributed by atoms with Gasteiger partial charge in [0, 0.05) is 0 Å². The summed E-state index contributed by atoms with van der Waals surface area (Å²) in [7, 11) is 0. The minimum atomic E-state index is 0.365. The molecule has 3 heteroatoms. The molecule has 3 rings (SSSR count). The van der Waals surface area contributed by atoms with E-state index in [2.05, 4.69) is 16.6 Å². The van der Waals surface area contributed by atoms with Crippen LogP contribution in [0.5, 0.6) is 0 Å². The minimum Gasteiger partial charge on any atom is -0.463 e. The van der Waals surface area contributed by atoms with Crippen molar-refractivity contribution in [2.75, 3.05) is 19.6 Å². The van der Waals surface area contributed by atoms with Crippen molar-refractivity contribution in [1.82, 2.24) is 4.90 Å². The van der Waals surface area contributed by atoms with Crippen LogP contribution in [-0.4, -0.2) is 31.0 Å². The van der Waals surface area contributed by atoms with Crippen LogP contribution in [0.2, 0.25) is 0 Å². The largest absolute Gasteiger partial charge is 0.463 e. The fraction of sp³-hybridized carbons (Fsp3) is 0.588. The third kappa shape index (κ3) is 4.64. The molecule has 0 amide bonds. The van der Waals surface area contributed by atoms with Crippen molar-refractivity contribution in [3.8, 4) is 0 Å². The van der Waals surface area contributed by atoms with E-state index in [1.165, 1.54) is 45.3 Å². The van der Waals surface area contributed by atoms with Crippen LogP contribution < -0.4 is 0 Å². The fourth-order valence-corrected chi connectivity index (χ4v) is 2.72. The molecule has 2 aliphatic rings. The number of ether oxygens (including phenoxy) is 1. The van der Waals surface area contributed by atoms with Crippen molar-refractivity contribution in [2.45, 2.75) is 39.2 Å². The Bertz CT molecular complexity index is 391. The first kappa shape index (κ1) is 15.0. The number of hydrogen-bond donors (Lipinski definition) is 0. The molecule has 1 aliphatic carbocycles. The summed E-state index contributed by atoms with van der Waals surface area (Å²) < 4.78 is 4.54. The van der Waals surface area contributed by atoms with Crippen molar-refractivity contribution < 1.29 is 9.53 Å². The fourth-order valence-electron chi connectivity index (χ4n) is 2.72. The second-order valence-corrected chi connectivity index (χ2v) is 5.83. The predicted octanol–water partition coefficient (Wildman–Crippen LogP) is 3.24. The van der Waals surface area contributed by atoms with E-state index in [0.29, 0.717) is 13.1 Å². The van der Waals surface area contributed by atoms with E-state index in [4.69, 9.17) is 0 Å². The number of carbonyl (C=O) groups excluding carboxylic acids is 1. The molecule has 0 bridgehead atoms. The van der Waals surface area contributed by atoms with Crippen LogP contribution in [-0.2, 0) is 16.1 Å². The van der Waals surface area contributed by atoms with Gasteiger partial charge in [0.1, 0.15) is 6.61 Å². The van der Waals surface area contributed by atoms with Gasteiger partial charge in [-0.05, 0) is 56.3 Å². The summed E-state index contributed by atoms with van der Waals surface area (Å²) in [5.41, 5.74) is 1.88. The van der Waals surface area contributed by atoms with E-state index in [1.54, 1.807) is 0 Å². The Morgan fingerprint density at radius 2 is 1.80 bits per heavy atom. The molecule has 1 heterocycles. The molecule has 0 radical (unpaired) electrons. The molecule has 0 unspecified atom stereocenters. The summed E-state index contributed by atoms with van der Waals surface area (Å²) in [6, 6.07) is 9.55. The lowest BCUT2D eigenvalue weighted by atomic mass is 9.94. The number of carbonyl (C=O) groups is 1. The van der Waals surface area contributed by atoms with Crippen molar-refractivity contribution in [3.63, 3.8) is 0 Å². The van der Waals surface area contributed by atoms with E-state index in [0.717, 1.165) is 11.0 Å². The third-order valence-electron chi connectivity index (χ3n) is 4.48. The maximum atomic E-state index is 9.76. The lowest BCUT2D eigenvalue weighted by Crippen LogP contribution is -2.34. The molecular formula is C17H25NO2. The quantitative estimate of drug-likeness (QED) is 0.790. The Labute approximate surface area is 121 Å². The maximum absolute atomic E-state index is 9.76. The normalized spacial score (nSPS) is 19.9. The van der Waals surface area contributed by atoms with Crippen LogP contribution in [0.15, 0.2) is 30.3 Å². The summed E-state index contributed by atoms with van der Waals surface area (Å²) in [5, 5.41) is 0. The highest BCUT2D eigenvalue weighted by atomic mass is 16.5. The van der Waals surface area contributed by atoms with Crippen LogP contribution >= 0.6 is 0 Å². The average molecular weight is 275 g/mol. The summed E-state index contributed by atoms with van der Waals surface area (Å²) >= 11 is 0. The lowest BCUT2D eigenvalue weighted by Gasteiger charge is -2.30. The number of benzene rings is 1. The van der Waals surface area contributed by atoms with Crippen molar-refractivity contribution in [3.05, 3.63) is 35.9 Å². The smallest absolute Gasteiger partial charge is 0.293 e. The summed E-state index contributed by atoms with van der Waals surface area (Å²) in [5.74, 6) is 0. The first-order valence-corrected chi connectivity index (χ1v) is 7.59. The zero-order valence-electron chi connectivity index (χ0n) is 12.4. The molecule has 1 saturated heterocycles. The van der Waals surface area contributed by atoms with Crippen LogP contribution in [0.3, 0.4) is 0 Å². The molecular weight excluding hydrogens is 250 g/mol. The number of likely N-dealkylation sites (tertiary alicyclic amines) is 1. The maximum Gasteiger partial charge on any atom is 0.293 e. The van der Waals surface area contributed by atoms with Gasteiger partial charge in [-0.15, -0.1) is 0 Å². The highest BCUT2D eigenvalue weighted by molar-refractivity contribution is 5.37. The van der Waals surface area contributed by atoms with Crippen molar-refractivity contribution in [2.24, 2.45) is 5.41 Å². The Morgan fingerprint density at radius 3 is 2.30 bits per heavy atom. The van der Waals surface area contributed by atoms with Gasteiger partial charge in [-0.2, -0.15) is 0 Å². The molecule has 1 spiro atoms. The Morgan fingerprint density at radius 1 is 1.15 bits per heavy atom. The zero-order valence-corrected chi connectivity index (χ0v) is 12.4. The Hall–Kier alpha value is -1.35. The summed E-state index contributed by atoms with van der Waals surface area (Å²) in [6.45, 7) is 7.09. The molecule has 1 aromatic carbocycles. The molecule has 3 nitrogen and oxygen atoms in total. The van der Waals surface area contributed by atoms with Gasteiger partial charge in [-0.1, -0.05) is 37.3 Å². The first-order chi connectivity index (χ1) is 9.78. The van der Waals surface area contributed by atoms with Crippen LogP contribution in [0.25, 0.3) is 0 Å². The lowest BCUT2D eigenvalue weighted by molar-refractivity contribution is -0.129. The standard InChI is InChI=1S/C9H17N.C8H8O2/c1-2-10-7-5-9(3-4-9)6-8-10;9-7-10-6-8-4-2-1-3-5-8/h2-8H2,1H3;1-5,7H,6H2. The van der Waals surface area contributed by atoms with Gasteiger partial charge in [0.25, 0.3) is 6.47 Å². The van der Waals surface area contributed by atoms with Gasteiger partial charge < -0.3 is 9.64 Å². The molecule has 20 heavy (non-hydrogen) atoms. The molecule has 1 saturated carbocycles. The van der Waals surface area contributed by atoms with E-state index >= 15 is 0 Å². The van der Waals surface area contributed by atoms with Gasteiger partial charge in [-0.25, -0.2) is 0 Å². The topological polar surface area (TPSA) is 29.5 Å².